The number of carbonyl (C=O) groups excluding carboxylic acids is 2. The number of amides is 2. The van der Waals surface area contributed by atoms with Crippen LogP contribution in [0.4, 0.5) is 5.82 Å². The standard InChI is InChI=1S/C23H28N4O5S/c1-13-10-18(33(31,32)16-7-8-16)20(23(30)26-13)17(11-14-4-2-3-5-14)22(29)27-19-9-6-15(12-25-19)21(24)28/h6,9-10,12,14,16-17H,2-5,7-8,11H2,1H3,(H2,24,28)(H,26,30)(H,25,27,29)/t17-/m0/s1. The van der Waals surface area contributed by atoms with Crippen molar-refractivity contribution in [3.63, 3.8) is 0 Å². The fourth-order valence-electron chi connectivity index (χ4n) is 4.55. The molecule has 4 rings (SSSR count). The highest BCUT2D eigenvalue weighted by atomic mass is 32.2. The maximum absolute atomic E-state index is 13.4. The Morgan fingerprint density at radius 2 is 1.91 bits per heavy atom. The number of primary amides is 1. The van der Waals surface area contributed by atoms with Crippen LogP contribution in [0.2, 0.25) is 0 Å². The third-order valence-corrected chi connectivity index (χ3v) is 8.75. The first-order chi connectivity index (χ1) is 15.7. The summed E-state index contributed by atoms with van der Waals surface area (Å²) < 4.78 is 26.4. The van der Waals surface area contributed by atoms with E-state index < -0.39 is 38.4 Å². The predicted octanol–water partition coefficient (Wildman–Crippen LogP) is 2.42. The number of aromatic amines is 1. The molecule has 0 bridgehead atoms. The van der Waals surface area contributed by atoms with E-state index in [-0.39, 0.29) is 27.8 Å². The van der Waals surface area contributed by atoms with Gasteiger partial charge in [-0.05, 0) is 50.3 Å². The number of nitrogens with two attached hydrogens (primary N) is 1. The van der Waals surface area contributed by atoms with Crippen LogP contribution in [0.25, 0.3) is 0 Å². The molecule has 0 spiro atoms. The second-order valence-corrected chi connectivity index (χ2v) is 11.2. The molecule has 0 unspecified atom stereocenters. The van der Waals surface area contributed by atoms with Crippen molar-refractivity contribution < 1.29 is 18.0 Å². The topological polar surface area (TPSA) is 152 Å². The molecular weight excluding hydrogens is 444 g/mol. The maximum atomic E-state index is 13.4. The molecule has 0 aliphatic heterocycles. The zero-order valence-corrected chi connectivity index (χ0v) is 19.3. The molecule has 2 fully saturated rings. The number of rotatable bonds is 8. The SMILES string of the molecule is Cc1cc(S(=O)(=O)C2CC2)c([C@H](CC2CCCC2)C(=O)Nc2ccc(C(N)=O)cn2)c(=O)[nH]1. The summed E-state index contributed by atoms with van der Waals surface area (Å²) in [6, 6.07) is 4.36. The number of anilines is 1. The van der Waals surface area contributed by atoms with Crippen molar-refractivity contribution >= 4 is 27.5 Å². The largest absolute Gasteiger partial charge is 0.366 e. The number of nitrogens with zero attached hydrogens (tertiary/aromatic N) is 1. The average Bonchev–Trinajstić information content (AvgIpc) is 3.50. The molecule has 176 valence electrons. The van der Waals surface area contributed by atoms with Crippen molar-refractivity contribution in [2.24, 2.45) is 11.7 Å². The number of pyridine rings is 2. The second-order valence-electron chi connectivity index (χ2n) is 9.03. The van der Waals surface area contributed by atoms with Gasteiger partial charge in [-0.1, -0.05) is 25.7 Å². The van der Waals surface area contributed by atoms with E-state index in [1.54, 1.807) is 6.92 Å². The van der Waals surface area contributed by atoms with Gasteiger partial charge in [-0.2, -0.15) is 0 Å². The minimum Gasteiger partial charge on any atom is -0.366 e. The predicted molar refractivity (Wildman–Crippen MR) is 123 cm³/mol. The van der Waals surface area contributed by atoms with E-state index in [1.807, 2.05) is 0 Å². The Morgan fingerprint density at radius 3 is 2.48 bits per heavy atom. The van der Waals surface area contributed by atoms with Crippen LogP contribution < -0.4 is 16.6 Å². The number of hydrogen-bond donors (Lipinski definition) is 3. The molecule has 1 atom stereocenters. The summed E-state index contributed by atoms with van der Waals surface area (Å²) in [6.45, 7) is 1.63. The molecular formula is C23H28N4O5S. The Morgan fingerprint density at radius 1 is 1.21 bits per heavy atom. The first-order valence-electron chi connectivity index (χ1n) is 11.2. The van der Waals surface area contributed by atoms with Crippen LogP contribution in [0.15, 0.2) is 34.1 Å². The highest BCUT2D eigenvalue weighted by Crippen LogP contribution is 2.39. The molecule has 2 amide bonds. The van der Waals surface area contributed by atoms with E-state index in [0.717, 1.165) is 25.7 Å². The first kappa shape index (κ1) is 23.2. The van der Waals surface area contributed by atoms with Crippen molar-refractivity contribution in [1.82, 2.24) is 9.97 Å². The zero-order chi connectivity index (χ0) is 23.8. The van der Waals surface area contributed by atoms with Gasteiger partial charge in [-0.15, -0.1) is 0 Å². The number of nitrogens with one attached hydrogen (secondary N) is 2. The Balaban J connectivity index is 1.74. The lowest BCUT2D eigenvalue weighted by Gasteiger charge is -2.22. The lowest BCUT2D eigenvalue weighted by molar-refractivity contribution is -0.118. The molecule has 0 saturated heterocycles. The lowest BCUT2D eigenvalue weighted by atomic mass is 9.87. The van der Waals surface area contributed by atoms with Gasteiger partial charge in [0.05, 0.1) is 21.6 Å². The van der Waals surface area contributed by atoms with Gasteiger partial charge in [0.1, 0.15) is 5.82 Å². The van der Waals surface area contributed by atoms with E-state index >= 15 is 0 Å². The number of aryl methyl sites for hydroxylation is 1. The maximum Gasteiger partial charge on any atom is 0.253 e. The van der Waals surface area contributed by atoms with Crippen LogP contribution in [-0.2, 0) is 14.6 Å². The Bertz CT molecular complexity index is 1230. The second kappa shape index (κ2) is 9.09. The molecule has 4 N–H and O–H groups in total. The summed E-state index contributed by atoms with van der Waals surface area (Å²) in [4.78, 5) is 44.5. The van der Waals surface area contributed by atoms with E-state index in [2.05, 4.69) is 15.3 Å². The van der Waals surface area contributed by atoms with E-state index in [9.17, 15) is 22.8 Å². The monoisotopic (exact) mass is 472 g/mol. The third-order valence-electron chi connectivity index (χ3n) is 6.45. The third kappa shape index (κ3) is 5.00. The molecule has 9 nitrogen and oxygen atoms in total. The molecule has 33 heavy (non-hydrogen) atoms. The van der Waals surface area contributed by atoms with Gasteiger partial charge < -0.3 is 16.0 Å². The van der Waals surface area contributed by atoms with Crippen molar-refractivity contribution in [3.8, 4) is 0 Å². The molecule has 10 heteroatoms. The summed E-state index contributed by atoms with van der Waals surface area (Å²) in [5.41, 5.74) is 5.32. The van der Waals surface area contributed by atoms with Crippen molar-refractivity contribution in [2.75, 3.05) is 5.32 Å². The first-order valence-corrected chi connectivity index (χ1v) is 12.8. The Labute approximate surface area is 192 Å². The van der Waals surface area contributed by atoms with E-state index in [0.29, 0.717) is 25.0 Å². The van der Waals surface area contributed by atoms with Crippen LogP contribution in [0.1, 0.15) is 72.5 Å². The molecule has 2 aromatic rings. The van der Waals surface area contributed by atoms with Gasteiger partial charge in [0.2, 0.25) is 11.8 Å². The molecule has 2 aliphatic carbocycles. The van der Waals surface area contributed by atoms with Crippen LogP contribution in [0, 0.1) is 12.8 Å². The molecule has 2 heterocycles. The summed E-state index contributed by atoms with van der Waals surface area (Å²) in [5, 5.41) is 2.19. The average molecular weight is 473 g/mol. The van der Waals surface area contributed by atoms with E-state index in [4.69, 9.17) is 5.73 Å². The summed E-state index contributed by atoms with van der Waals surface area (Å²) >= 11 is 0. The van der Waals surface area contributed by atoms with Crippen LogP contribution in [0.5, 0.6) is 0 Å². The van der Waals surface area contributed by atoms with Gasteiger partial charge in [0.25, 0.3) is 5.56 Å². The molecule has 2 aromatic heterocycles. The van der Waals surface area contributed by atoms with Crippen molar-refractivity contribution in [1.29, 1.82) is 0 Å². The number of hydrogen-bond acceptors (Lipinski definition) is 6. The van der Waals surface area contributed by atoms with Gasteiger partial charge in [-0.3, -0.25) is 14.4 Å². The minimum absolute atomic E-state index is 0.00524. The molecule has 2 saturated carbocycles. The van der Waals surface area contributed by atoms with Gasteiger partial charge in [-0.25, -0.2) is 13.4 Å². The highest BCUT2D eigenvalue weighted by molar-refractivity contribution is 7.92. The summed E-state index contributed by atoms with van der Waals surface area (Å²) in [7, 11) is -3.71. The quantitative estimate of drug-likeness (QED) is 0.536. The number of sulfone groups is 1. The molecule has 0 radical (unpaired) electrons. The zero-order valence-electron chi connectivity index (χ0n) is 18.5. The Hall–Kier alpha value is -3.01. The fourth-order valence-corrected chi connectivity index (χ4v) is 6.55. The number of H-pyrrole nitrogens is 1. The van der Waals surface area contributed by atoms with Crippen LogP contribution >= 0.6 is 0 Å². The van der Waals surface area contributed by atoms with Gasteiger partial charge in [0, 0.05) is 17.5 Å². The Kier molecular flexibility index (Phi) is 6.38. The van der Waals surface area contributed by atoms with Crippen molar-refractivity contribution in [3.05, 3.63) is 51.6 Å². The molecule has 0 aromatic carbocycles. The molecule has 2 aliphatic rings. The normalized spacial score (nSPS) is 17.6. The van der Waals surface area contributed by atoms with Crippen LogP contribution in [-0.4, -0.2) is 35.5 Å². The van der Waals surface area contributed by atoms with E-state index in [1.165, 1.54) is 24.4 Å². The number of carbonyl (C=O) groups is 2. The summed E-state index contributed by atoms with van der Waals surface area (Å²) in [6.07, 6.45) is 6.72. The minimum atomic E-state index is -3.71. The summed E-state index contributed by atoms with van der Waals surface area (Å²) in [5.74, 6) is -1.67. The number of aromatic nitrogens is 2. The lowest BCUT2D eigenvalue weighted by Crippen LogP contribution is -2.31. The van der Waals surface area contributed by atoms with Crippen molar-refractivity contribution in [2.45, 2.75) is 67.9 Å². The van der Waals surface area contributed by atoms with Gasteiger partial charge in [0.15, 0.2) is 9.84 Å². The van der Waals surface area contributed by atoms with Gasteiger partial charge >= 0.3 is 0 Å². The smallest absolute Gasteiger partial charge is 0.253 e. The van der Waals surface area contributed by atoms with Crippen LogP contribution in [0.3, 0.4) is 0 Å². The highest BCUT2D eigenvalue weighted by Gasteiger charge is 2.41. The fraction of sp³-hybridized carbons (Fsp3) is 0.478.